The third-order valence-electron chi connectivity index (χ3n) is 3.56. The van der Waals surface area contributed by atoms with Gasteiger partial charge in [0.15, 0.2) is 0 Å². The predicted octanol–water partition coefficient (Wildman–Crippen LogP) is 2.22. The van der Waals surface area contributed by atoms with Gasteiger partial charge < -0.3 is 15.8 Å². The Kier molecular flexibility index (Phi) is 3.50. The van der Waals surface area contributed by atoms with E-state index in [0.717, 1.165) is 6.42 Å². The van der Waals surface area contributed by atoms with E-state index < -0.39 is 0 Å². The Bertz CT molecular complexity index is 478. The van der Waals surface area contributed by atoms with Crippen LogP contribution >= 0.6 is 11.6 Å². The first-order valence-electron chi connectivity index (χ1n) is 5.92. The summed E-state index contributed by atoms with van der Waals surface area (Å²) in [6.07, 6.45) is 0.779. The average Bonchev–Trinajstić information content (AvgIpc) is 2.62. The van der Waals surface area contributed by atoms with E-state index in [1.54, 1.807) is 18.2 Å². The van der Waals surface area contributed by atoms with E-state index in [1.165, 1.54) is 0 Å². The van der Waals surface area contributed by atoms with Crippen LogP contribution in [0.3, 0.4) is 0 Å². The van der Waals surface area contributed by atoms with Crippen LogP contribution in [0.15, 0.2) is 18.2 Å². The molecular formula is C13H17ClN2O2. The molecule has 1 aromatic carbocycles. The highest BCUT2D eigenvalue weighted by molar-refractivity contribution is 6.36. The second kappa shape index (κ2) is 4.78. The number of hydrogen-bond acceptors (Lipinski definition) is 3. The fourth-order valence-electron chi connectivity index (χ4n) is 2.05. The SMILES string of the molecule is CC1OCCC1(C)NC(=O)c1cccc(N)c1Cl. The van der Waals surface area contributed by atoms with Gasteiger partial charge in [-0.15, -0.1) is 0 Å². The molecule has 5 heteroatoms. The number of halogens is 1. The van der Waals surface area contributed by atoms with E-state index in [9.17, 15) is 4.79 Å². The monoisotopic (exact) mass is 268 g/mol. The molecule has 0 bridgehead atoms. The van der Waals surface area contributed by atoms with Crippen LogP contribution in [0.25, 0.3) is 0 Å². The summed E-state index contributed by atoms with van der Waals surface area (Å²) < 4.78 is 5.49. The second-order valence-electron chi connectivity index (χ2n) is 4.84. The lowest BCUT2D eigenvalue weighted by molar-refractivity contribution is 0.0727. The van der Waals surface area contributed by atoms with Gasteiger partial charge in [-0.25, -0.2) is 0 Å². The number of nitrogens with two attached hydrogens (primary N) is 1. The Morgan fingerprint density at radius 1 is 1.61 bits per heavy atom. The number of carbonyl (C=O) groups is 1. The summed E-state index contributed by atoms with van der Waals surface area (Å²) in [5.74, 6) is -0.216. The molecule has 4 nitrogen and oxygen atoms in total. The van der Waals surface area contributed by atoms with Crippen molar-refractivity contribution in [3.8, 4) is 0 Å². The van der Waals surface area contributed by atoms with E-state index in [1.807, 2.05) is 13.8 Å². The van der Waals surface area contributed by atoms with Crippen LogP contribution in [0.5, 0.6) is 0 Å². The van der Waals surface area contributed by atoms with Gasteiger partial charge in [-0.1, -0.05) is 17.7 Å². The minimum Gasteiger partial charge on any atom is -0.398 e. The quantitative estimate of drug-likeness (QED) is 0.809. The van der Waals surface area contributed by atoms with Crippen molar-refractivity contribution < 1.29 is 9.53 Å². The molecule has 1 saturated heterocycles. The lowest BCUT2D eigenvalue weighted by atomic mass is 9.94. The Morgan fingerprint density at radius 2 is 2.33 bits per heavy atom. The van der Waals surface area contributed by atoms with Crippen molar-refractivity contribution in [2.24, 2.45) is 0 Å². The summed E-state index contributed by atoms with van der Waals surface area (Å²) in [6, 6.07) is 5.05. The van der Waals surface area contributed by atoms with Crippen molar-refractivity contribution in [3.63, 3.8) is 0 Å². The molecule has 0 spiro atoms. The fourth-order valence-corrected chi connectivity index (χ4v) is 2.26. The number of carbonyl (C=O) groups excluding carboxylic acids is 1. The predicted molar refractivity (Wildman–Crippen MR) is 71.8 cm³/mol. The molecule has 1 aromatic rings. The number of benzene rings is 1. The molecule has 1 aliphatic rings. The maximum atomic E-state index is 12.2. The third kappa shape index (κ3) is 2.31. The van der Waals surface area contributed by atoms with Crippen molar-refractivity contribution in [2.45, 2.75) is 31.9 Å². The molecule has 1 amide bonds. The lowest BCUT2D eigenvalue weighted by Gasteiger charge is -2.29. The number of hydrogen-bond donors (Lipinski definition) is 2. The van der Waals surface area contributed by atoms with Crippen LogP contribution in [0.2, 0.25) is 5.02 Å². The summed E-state index contributed by atoms with van der Waals surface area (Å²) in [5.41, 5.74) is 6.14. The Labute approximate surface area is 111 Å². The largest absolute Gasteiger partial charge is 0.398 e. The number of ether oxygens (including phenoxy) is 1. The summed E-state index contributed by atoms with van der Waals surface area (Å²) in [5, 5.41) is 3.28. The molecule has 0 aromatic heterocycles. The molecule has 18 heavy (non-hydrogen) atoms. The van der Waals surface area contributed by atoms with E-state index in [4.69, 9.17) is 22.1 Å². The molecule has 1 fully saturated rings. The number of nitrogens with one attached hydrogen (secondary N) is 1. The summed E-state index contributed by atoms with van der Waals surface area (Å²) in [6.45, 7) is 4.58. The van der Waals surface area contributed by atoms with Gasteiger partial charge in [0.25, 0.3) is 5.91 Å². The van der Waals surface area contributed by atoms with Crippen molar-refractivity contribution in [2.75, 3.05) is 12.3 Å². The topological polar surface area (TPSA) is 64.3 Å². The average molecular weight is 269 g/mol. The van der Waals surface area contributed by atoms with Gasteiger partial charge in [-0.3, -0.25) is 4.79 Å². The number of nitrogen functional groups attached to an aromatic ring is 1. The van der Waals surface area contributed by atoms with Crippen LogP contribution in [0.4, 0.5) is 5.69 Å². The lowest BCUT2D eigenvalue weighted by Crippen LogP contribution is -2.50. The molecule has 3 N–H and O–H groups in total. The van der Waals surface area contributed by atoms with Gasteiger partial charge in [-0.2, -0.15) is 0 Å². The van der Waals surface area contributed by atoms with Crippen LogP contribution in [-0.4, -0.2) is 24.2 Å². The zero-order valence-electron chi connectivity index (χ0n) is 10.5. The molecule has 0 saturated carbocycles. The van der Waals surface area contributed by atoms with Crippen molar-refractivity contribution >= 4 is 23.2 Å². The van der Waals surface area contributed by atoms with Gasteiger partial charge in [0.2, 0.25) is 0 Å². The highest BCUT2D eigenvalue weighted by atomic mass is 35.5. The zero-order valence-corrected chi connectivity index (χ0v) is 11.3. The van der Waals surface area contributed by atoms with Gasteiger partial charge in [-0.05, 0) is 32.4 Å². The maximum absolute atomic E-state index is 12.2. The smallest absolute Gasteiger partial charge is 0.253 e. The first-order valence-corrected chi connectivity index (χ1v) is 6.30. The molecule has 0 aliphatic carbocycles. The molecule has 2 unspecified atom stereocenters. The van der Waals surface area contributed by atoms with Crippen LogP contribution in [0, 0.1) is 0 Å². The summed E-state index contributed by atoms with van der Waals surface area (Å²) >= 11 is 6.04. The van der Waals surface area contributed by atoms with Gasteiger partial charge in [0.1, 0.15) is 0 Å². The standard InChI is InChI=1S/C13H17ClN2O2/c1-8-13(2,6-7-18-8)16-12(17)9-4-3-5-10(15)11(9)14/h3-5,8H,6-7,15H2,1-2H3,(H,16,17). The number of amides is 1. The Hall–Kier alpha value is -1.26. The molecular weight excluding hydrogens is 252 g/mol. The summed E-state index contributed by atoms with van der Waals surface area (Å²) in [7, 11) is 0. The van der Waals surface area contributed by atoms with Crippen molar-refractivity contribution in [1.29, 1.82) is 0 Å². The second-order valence-corrected chi connectivity index (χ2v) is 5.22. The molecule has 0 radical (unpaired) electrons. The first kappa shape index (κ1) is 13.2. The molecule has 1 aliphatic heterocycles. The number of rotatable bonds is 2. The van der Waals surface area contributed by atoms with Crippen LogP contribution in [0.1, 0.15) is 30.6 Å². The zero-order chi connectivity index (χ0) is 13.3. The highest BCUT2D eigenvalue weighted by Gasteiger charge is 2.38. The maximum Gasteiger partial charge on any atom is 0.253 e. The van der Waals surface area contributed by atoms with E-state index in [-0.39, 0.29) is 17.6 Å². The van der Waals surface area contributed by atoms with Gasteiger partial charge >= 0.3 is 0 Å². The Morgan fingerprint density at radius 3 is 2.94 bits per heavy atom. The minimum atomic E-state index is -0.356. The van der Waals surface area contributed by atoms with Gasteiger partial charge in [0, 0.05) is 6.61 Å². The van der Waals surface area contributed by atoms with Crippen LogP contribution in [-0.2, 0) is 4.74 Å². The number of anilines is 1. The van der Waals surface area contributed by atoms with Crippen molar-refractivity contribution in [3.05, 3.63) is 28.8 Å². The van der Waals surface area contributed by atoms with Crippen molar-refractivity contribution in [1.82, 2.24) is 5.32 Å². The van der Waals surface area contributed by atoms with Gasteiger partial charge in [0.05, 0.1) is 27.9 Å². The highest BCUT2D eigenvalue weighted by Crippen LogP contribution is 2.27. The Balaban J connectivity index is 2.20. The molecule has 98 valence electrons. The molecule has 2 atom stereocenters. The summed E-state index contributed by atoms with van der Waals surface area (Å²) in [4.78, 5) is 12.2. The third-order valence-corrected chi connectivity index (χ3v) is 3.98. The molecule has 2 rings (SSSR count). The minimum absolute atomic E-state index is 0.0127. The normalized spacial score (nSPS) is 27.2. The van der Waals surface area contributed by atoms with Crippen LogP contribution < -0.4 is 11.1 Å². The van der Waals surface area contributed by atoms with E-state index >= 15 is 0 Å². The van der Waals surface area contributed by atoms with E-state index in [0.29, 0.717) is 22.9 Å². The first-order chi connectivity index (χ1) is 8.44. The van der Waals surface area contributed by atoms with E-state index in [2.05, 4.69) is 5.32 Å². The fraction of sp³-hybridized carbons (Fsp3) is 0.462. The molecule has 1 heterocycles.